The maximum absolute atomic E-state index is 4.90. The van der Waals surface area contributed by atoms with E-state index in [1.165, 1.54) is 0 Å². The van der Waals surface area contributed by atoms with Crippen LogP contribution in [-0.2, 0) is 16.8 Å². The van der Waals surface area contributed by atoms with E-state index in [4.69, 9.17) is 11.5 Å². The van der Waals surface area contributed by atoms with Gasteiger partial charge in [0.15, 0.2) is 0 Å². The van der Waals surface area contributed by atoms with Crippen molar-refractivity contribution < 1.29 is 16.8 Å². The predicted octanol–water partition coefficient (Wildman–Crippen LogP) is -1.10. The van der Waals surface area contributed by atoms with Gasteiger partial charge in [0.25, 0.3) is 0 Å². The molecule has 2 nitrogen and oxygen atoms in total. The summed E-state index contributed by atoms with van der Waals surface area (Å²) in [6.07, 6.45) is 0. The van der Waals surface area contributed by atoms with Gasteiger partial charge in [0, 0.05) is 13.1 Å². The van der Waals surface area contributed by atoms with Gasteiger partial charge in [-0.2, -0.15) is 0 Å². The minimum absolute atomic E-state index is 0. The topological polar surface area (TPSA) is 52.0 Å². The van der Waals surface area contributed by atoms with Crippen molar-refractivity contribution in [1.29, 1.82) is 0 Å². The molecule has 0 rings (SSSR count). The fourth-order valence-electron chi connectivity index (χ4n) is 0. The summed E-state index contributed by atoms with van der Waals surface area (Å²) in [7, 11) is 0. The molecule has 0 aromatic heterocycles. The van der Waals surface area contributed by atoms with Crippen molar-refractivity contribution >= 4 is 0 Å². The van der Waals surface area contributed by atoms with Crippen LogP contribution in [0.5, 0.6) is 0 Å². The first kappa shape index (κ1) is 9.06. The van der Waals surface area contributed by atoms with Crippen molar-refractivity contribution in [2.75, 3.05) is 13.1 Å². The van der Waals surface area contributed by atoms with Crippen LogP contribution in [0.4, 0.5) is 0 Å². The fourth-order valence-corrected chi connectivity index (χ4v) is 0. The molecule has 0 bridgehead atoms. The van der Waals surface area contributed by atoms with Crippen molar-refractivity contribution in [1.82, 2.24) is 0 Å². The van der Waals surface area contributed by atoms with Crippen LogP contribution in [0.2, 0.25) is 0 Å². The van der Waals surface area contributed by atoms with E-state index in [9.17, 15) is 0 Å². The van der Waals surface area contributed by atoms with Gasteiger partial charge in [0.2, 0.25) is 0 Å². The second-order valence-corrected chi connectivity index (χ2v) is 0.577. The Labute approximate surface area is 42.1 Å². The van der Waals surface area contributed by atoms with Crippen molar-refractivity contribution in [2.45, 2.75) is 0 Å². The Kier molecular flexibility index (Phi) is 16.0. The average molecular weight is 119 g/mol. The molecule has 0 saturated carbocycles. The summed E-state index contributed by atoms with van der Waals surface area (Å²) in [5.74, 6) is 0. The molecular weight excluding hydrogens is 111 g/mol. The zero-order valence-electron chi connectivity index (χ0n) is 2.90. The zero-order valence-corrected chi connectivity index (χ0v) is 3.94. The first-order valence-electron chi connectivity index (χ1n) is 1.32. The van der Waals surface area contributed by atoms with Gasteiger partial charge in [0.05, 0.1) is 0 Å². The van der Waals surface area contributed by atoms with Crippen LogP contribution in [0.3, 0.4) is 0 Å². The molecule has 0 fully saturated rings. The van der Waals surface area contributed by atoms with E-state index in [0.717, 1.165) is 0 Å². The van der Waals surface area contributed by atoms with Gasteiger partial charge < -0.3 is 11.5 Å². The molecule has 0 heterocycles. The van der Waals surface area contributed by atoms with Gasteiger partial charge in [-0.1, -0.05) is 0 Å². The van der Waals surface area contributed by atoms with Gasteiger partial charge in [-0.15, -0.1) is 0 Å². The van der Waals surface area contributed by atoms with Gasteiger partial charge in [-0.25, -0.2) is 0 Å². The van der Waals surface area contributed by atoms with Crippen molar-refractivity contribution in [3.8, 4) is 0 Å². The maximum atomic E-state index is 4.90. The van der Waals surface area contributed by atoms with Crippen LogP contribution in [0.1, 0.15) is 0 Å². The molecule has 0 aliphatic carbocycles. The van der Waals surface area contributed by atoms with E-state index >= 15 is 0 Å². The molecule has 0 aliphatic heterocycles. The van der Waals surface area contributed by atoms with Crippen LogP contribution in [-0.4, -0.2) is 13.1 Å². The van der Waals surface area contributed by atoms with E-state index in [0.29, 0.717) is 13.1 Å². The SMILES string of the molecule is NCCN.[Co+3]. The minimum atomic E-state index is 0. The molecule has 4 N–H and O–H groups in total. The summed E-state index contributed by atoms with van der Waals surface area (Å²) in [6.45, 7) is 1.19. The van der Waals surface area contributed by atoms with Gasteiger partial charge >= 0.3 is 16.8 Å². The minimum Gasteiger partial charge on any atom is -0.329 e. The fraction of sp³-hybridized carbons (Fsp3) is 1.00. The first-order valence-corrected chi connectivity index (χ1v) is 1.32. The Balaban J connectivity index is 0. The van der Waals surface area contributed by atoms with Crippen molar-refractivity contribution in [2.24, 2.45) is 11.5 Å². The molecule has 0 unspecified atom stereocenters. The second-order valence-electron chi connectivity index (χ2n) is 0.577. The normalized spacial score (nSPS) is 6.00. The monoisotopic (exact) mass is 119 g/mol. The Bertz CT molecular complexity index is 9.61. The Morgan fingerprint density at radius 2 is 1.20 bits per heavy atom. The van der Waals surface area contributed by atoms with Crippen molar-refractivity contribution in [3.05, 3.63) is 0 Å². The molecular formula is C2H8CoN2+3. The number of rotatable bonds is 1. The summed E-state index contributed by atoms with van der Waals surface area (Å²) in [4.78, 5) is 0. The van der Waals surface area contributed by atoms with E-state index in [1.807, 2.05) is 0 Å². The first-order chi connectivity index (χ1) is 1.91. The van der Waals surface area contributed by atoms with Crippen LogP contribution in [0.15, 0.2) is 0 Å². The Morgan fingerprint density at radius 1 is 1.00 bits per heavy atom. The number of nitrogens with two attached hydrogens (primary N) is 2. The van der Waals surface area contributed by atoms with Gasteiger partial charge in [-0.3, -0.25) is 0 Å². The Hall–Kier alpha value is 0.426. The Morgan fingerprint density at radius 3 is 1.20 bits per heavy atom. The van der Waals surface area contributed by atoms with Crippen LogP contribution >= 0.6 is 0 Å². The maximum Gasteiger partial charge on any atom is 3.00 e. The average Bonchev–Trinajstić information content (AvgIpc) is 1.37. The van der Waals surface area contributed by atoms with E-state index < -0.39 is 0 Å². The third-order valence-corrected chi connectivity index (χ3v) is 0.167. The molecule has 0 aromatic rings. The summed E-state index contributed by atoms with van der Waals surface area (Å²) in [5.41, 5.74) is 9.81. The third-order valence-electron chi connectivity index (χ3n) is 0.167. The molecule has 32 valence electrons. The third kappa shape index (κ3) is 12.8. The molecule has 0 aliphatic rings. The van der Waals surface area contributed by atoms with Crippen LogP contribution < -0.4 is 11.5 Å². The zero-order chi connectivity index (χ0) is 3.41. The molecule has 0 spiro atoms. The van der Waals surface area contributed by atoms with Crippen LogP contribution in [0, 0.1) is 0 Å². The van der Waals surface area contributed by atoms with Gasteiger partial charge in [-0.05, 0) is 0 Å². The predicted molar refractivity (Wildman–Crippen MR) is 18.1 cm³/mol. The standard InChI is InChI=1S/C2H8N2.Co/c3-1-2-4;/h1-4H2;/q;+3. The number of hydrogen-bond donors (Lipinski definition) is 2. The van der Waals surface area contributed by atoms with E-state index in [-0.39, 0.29) is 16.8 Å². The van der Waals surface area contributed by atoms with E-state index in [2.05, 4.69) is 0 Å². The van der Waals surface area contributed by atoms with Crippen LogP contribution in [0.25, 0.3) is 0 Å². The second kappa shape index (κ2) is 8.83. The summed E-state index contributed by atoms with van der Waals surface area (Å²) < 4.78 is 0. The smallest absolute Gasteiger partial charge is 0.329 e. The largest absolute Gasteiger partial charge is 3.00 e. The van der Waals surface area contributed by atoms with Gasteiger partial charge in [0.1, 0.15) is 0 Å². The van der Waals surface area contributed by atoms with E-state index in [1.54, 1.807) is 0 Å². The van der Waals surface area contributed by atoms with Crippen molar-refractivity contribution in [3.63, 3.8) is 0 Å². The molecule has 0 aromatic carbocycles. The molecule has 0 atom stereocenters. The summed E-state index contributed by atoms with van der Waals surface area (Å²) >= 11 is 0. The molecule has 0 saturated heterocycles. The molecule has 0 amide bonds. The quantitative estimate of drug-likeness (QED) is 0.460. The molecule has 3 heteroatoms. The number of hydrogen-bond acceptors (Lipinski definition) is 2. The molecule has 5 heavy (non-hydrogen) atoms. The summed E-state index contributed by atoms with van der Waals surface area (Å²) in [5, 5.41) is 0. The molecule has 0 radical (unpaired) electrons. The summed E-state index contributed by atoms with van der Waals surface area (Å²) in [6, 6.07) is 0.